The first kappa shape index (κ1) is 15.7. The molecule has 0 spiro atoms. The first-order chi connectivity index (χ1) is 10.3. The molecular formula is C15H11BrF4O2. The second-order valence-electron chi connectivity index (χ2n) is 5.02. The van der Waals surface area contributed by atoms with E-state index < -0.39 is 29.8 Å². The second-order valence-corrected chi connectivity index (χ2v) is 6.01. The number of halogens is 5. The summed E-state index contributed by atoms with van der Waals surface area (Å²) in [6.45, 7) is -0.605. The van der Waals surface area contributed by atoms with Crippen LogP contribution < -0.4 is 0 Å². The van der Waals surface area contributed by atoms with E-state index in [2.05, 4.69) is 0 Å². The summed E-state index contributed by atoms with van der Waals surface area (Å²) in [4.78, 5) is -4.35. The number of benzene rings is 2. The Kier molecular flexibility index (Phi) is 3.91. The van der Waals surface area contributed by atoms with Crippen molar-refractivity contribution in [1.82, 2.24) is 0 Å². The van der Waals surface area contributed by atoms with Gasteiger partial charge in [0.1, 0.15) is 0 Å². The SMILES string of the molecule is FC(F)(Br)C(F)(F)[C@H]1CO[C@H](c2ccc3ccccc3c2)O1. The summed E-state index contributed by atoms with van der Waals surface area (Å²) in [5, 5.41) is 1.85. The minimum Gasteiger partial charge on any atom is -0.345 e. The largest absolute Gasteiger partial charge is 0.366 e. The quantitative estimate of drug-likeness (QED) is 0.559. The topological polar surface area (TPSA) is 18.5 Å². The normalized spacial score (nSPS) is 23.1. The number of hydrogen-bond donors (Lipinski definition) is 0. The monoisotopic (exact) mass is 378 g/mol. The molecule has 2 aromatic rings. The Morgan fingerprint density at radius 1 is 1.00 bits per heavy atom. The van der Waals surface area contributed by atoms with Gasteiger partial charge in [-0.1, -0.05) is 36.4 Å². The minimum absolute atomic E-state index is 0.509. The lowest BCUT2D eigenvalue weighted by Crippen LogP contribution is -2.47. The van der Waals surface area contributed by atoms with Gasteiger partial charge in [0.25, 0.3) is 0 Å². The lowest BCUT2D eigenvalue weighted by molar-refractivity contribution is -0.214. The average molecular weight is 379 g/mol. The average Bonchev–Trinajstić information content (AvgIpc) is 2.96. The zero-order valence-corrected chi connectivity index (χ0v) is 12.7. The van der Waals surface area contributed by atoms with Gasteiger partial charge in [-0.05, 0) is 32.8 Å². The summed E-state index contributed by atoms with van der Waals surface area (Å²) < 4.78 is 63.1. The third-order valence-corrected chi connectivity index (χ3v) is 4.04. The van der Waals surface area contributed by atoms with Gasteiger partial charge in [0.15, 0.2) is 12.4 Å². The highest BCUT2D eigenvalue weighted by atomic mass is 79.9. The number of rotatable bonds is 3. The zero-order valence-electron chi connectivity index (χ0n) is 11.1. The molecule has 0 amide bonds. The molecule has 1 fully saturated rings. The third kappa shape index (κ3) is 2.73. The molecule has 2 aromatic carbocycles. The molecule has 7 heteroatoms. The summed E-state index contributed by atoms with van der Waals surface area (Å²) in [6.07, 6.45) is -3.10. The summed E-state index contributed by atoms with van der Waals surface area (Å²) >= 11 is 1.70. The van der Waals surface area contributed by atoms with Gasteiger partial charge in [-0.25, -0.2) is 0 Å². The predicted molar refractivity (Wildman–Crippen MR) is 76.3 cm³/mol. The molecule has 0 aliphatic carbocycles. The molecule has 0 bridgehead atoms. The van der Waals surface area contributed by atoms with Crippen molar-refractivity contribution in [3.63, 3.8) is 0 Å². The number of ether oxygens (including phenoxy) is 2. The molecule has 1 aliphatic heterocycles. The van der Waals surface area contributed by atoms with Crippen LogP contribution in [-0.2, 0) is 9.47 Å². The van der Waals surface area contributed by atoms with Crippen LogP contribution in [0, 0.1) is 0 Å². The molecule has 1 saturated heterocycles. The van der Waals surface area contributed by atoms with E-state index in [0.717, 1.165) is 10.8 Å². The summed E-state index contributed by atoms with van der Waals surface area (Å²) in [5.74, 6) is -4.36. The molecule has 0 radical (unpaired) electrons. The van der Waals surface area contributed by atoms with E-state index in [1.54, 1.807) is 34.1 Å². The number of hydrogen-bond acceptors (Lipinski definition) is 2. The van der Waals surface area contributed by atoms with Gasteiger partial charge in [0.2, 0.25) is 0 Å². The Morgan fingerprint density at radius 3 is 2.36 bits per heavy atom. The number of fused-ring (bicyclic) bond motifs is 1. The van der Waals surface area contributed by atoms with Crippen LogP contribution in [0.2, 0.25) is 0 Å². The highest BCUT2D eigenvalue weighted by molar-refractivity contribution is 9.10. The van der Waals surface area contributed by atoms with Crippen LogP contribution in [0.15, 0.2) is 42.5 Å². The Balaban J connectivity index is 1.82. The standard InChI is InChI=1S/C15H11BrF4O2/c16-15(19,20)14(17,18)12-8-21-13(22-12)11-6-5-9-3-1-2-4-10(9)7-11/h1-7,12-13H,8H2/t12-,13+/m1/s1. The highest BCUT2D eigenvalue weighted by Gasteiger charge is 2.62. The Bertz CT molecular complexity index is 687. The summed E-state index contributed by atoms with van der Waals surface area (Å²) in [7, 11) is 0. The van der Waals surface area contributed by atoms with E-state index in [4.69, 9.17) is 9.47 Å². The fourth-order valence-corrected chi connectivity index (χ4v) is 2.56. The molecule has 3 rings (SSSR count). The van der Waals surface area contributed by atoms with Gasteiger partial charge in [0.05, 0.1) is 6.61 Å². The molecule has 2 nitrogen and oxygen atoms in total. The molecule has 1 aliphatic rings. The first-order valence-electron chi connectivity index (χ1n) is 6.49. The smallest absolute Gasteiger partial charge is 0.345 e. The van der Waals surface area contributed by atoms with Crippen molar-refractivity contribution < 1.29 is 27.0 Å². The van der Waals surface area contributed by atoms with Crippen molar-refractivity contribution in [3.8, 4) is 0 Å². The van der Waals surface area contributed by atoms with E-state index in [-0.39, 0.29) is 0 Å². The summed E-state index contributed by atoms with van der Waals surface area (Å²) in [5.41, 5.74) is 0.509. The van der Waals surface area contributed by atoms with Gasteiger partial charge in [-0.3, -0.25) is 0 Å². The van der Waals surface area contributed by atoms with Gasteiger partial charge in [0, 0.05) is 5.56 Å². The fourth-order valence-electron chi connectivity index (χ4n) is 2.30. The maximum Gasteiger partial charge on any atom is 0.366 e. The number of alkyl halides is 5. The van der Waals surface area contributed by atoms with Crippen LogP contribution in [0.3, 0.4) is 0 Å². The van der Waals surface area contributed by atoms with Crippen molar-refractivity contribution in [3.05, 3.63) is 48.0 Å². The van der Waals surface area contributed by atoms with Crippen LogP contribution in [0.4, 0.5) is 17.6 Å². The van der Waals surface area contributed by atoms with Crippen LogP contribution in [0.5, 0.6) is 0 Å². The first-order valence-corrected chi connectivity index (χ1v) is 7.28. The van der Waals surface area contributed by atoms with Gasteiger partial charge in [-0.2, -0.15) is 17.6 Å². The fraction of sp³-hybridized carbons (Fsp3) is 0.333. The van der Waals surface area contributed by atoms with Crippen molar-refractivity contribution in [1.29, 1.82) is 0 Å². The molecule has 0 aromatic heterocycles. The minimum atomic E-state index is -4.36. The molecule has 2 atom stereocenters. The predicted octanol–water partition coefficient (Wildman–Crippen LogP) is 4.88. The highest BCUT2D eigenvalue weighted by Crippen LogP contribution is 2.46. The molecule has 22 heavy (non-hydrogen) atoms. The van der Waals surface area contributed by atoms with E-state index in [1.807, 2.05) is 24.3 Å². The summed E-state index contributed by atoms with van der Waals surface area (Å²) in [6, 6.07) is 12.7. The van der Waals surface area contributed by atoms with E-state index in [9.17, 15) is 17.6 Å². The van der Waals surface area contributed by atoms with Gasteiger partial charge >= 0.3 is 10.8 Å². The van der Waals surface area contributed by atoms with Crippen LogP contribution in [0.1, 0.15) is 11.9 Å². The molecule has 118 valence electrons. The van der Waals surface area contributed by atoms with E-state index >= 15 is 0 Å². The van der Waals surface area contributed by atoms with Crippen molar-refractivity contribution >= 4 is 26.7 Å². The second kappa shape index (κ2) is 5.47. The molecule has 0 N–H and O–H groups in total. The van der Waals surface area contributed by atoms with Crippen molar-refractivity contribution in [2.75, 3.05) is 6.61 Å². The maximum absolute atomic E-state index is 13.6. The van der Waals surface area contributed by atoms with Gasteiger partial charge < -0.3 is 9.47 Å². The van der Waals surface area contributed by atoms with E-state index in [0.29, 0.717) is 5.56 Å². The molecule has 0 saturated carbocycles. The van der Waals surface area contributed by atoms with Crippen molar-refractivity contribution in [2.24, 2.45) is 0 Å². The molecular weight excluding hydrogens is 368 g/mol. The molecule has 0 unspecified atom stereocenters. The molecule has 1 heterocycles. The van der Waals surface area contributed by atoms with Crippen LogP contribution in [-0.4, -0.2) is 23.5 Å². The Labute approximate surface area is 132 Å². The Hall–Kier alpha value is -1.18. The third-order valence-electron chi connectivity index (χ3n) is 3.51. The van der Waals surface area contributed by atoms with Crippen LogP contribution >= 0.6 is 15.9 Å². The van der Waals surface area contributed by atoms with Gasteiger partial charge in [-0.15, -0.1) is 0 Å². The lowest BCUT2D eigenvalue weighted by Gasteiger charge is -2.25. The van der Waals surface area contributed by atoms with E-state index in [1.165, 1.54) is 0 Å². The van der Waals surface area contributed by atoms with Crippen LogP contribution in [0.25, 0.3) is 10.8 Å². The lowest BCUT2D eigenvalue weighted by atomic mass is 10.1. The maximum atomic E-state index is 13.6. The Morgan fingerprint density at radius 2 is 1.68 bits per heavy atom. The zero-order chi connectivity index (χ0) is 16.0. The van der Waals surface area contributed by atoms with Crippen molar-refractivity contribution in [2.45, 2.75) is 23.1 Å².